The van der Waals surface area contributed by atoms with E-state index in [0.29, 0.717) is 5.92 Å². The van der Waals surface area contributed by atoms with Crippen LogP contribution in [0.1, 0.15) is 23.6 Å². The quantitative estimate of drug-likeness (QED) is 0.821. The van der Waals surface area contributed by atoms with Crippen LogP contribution in [0.4, 0.5) is 5.82 Å². The number of hydrogen-bond donors (Lipinski definition) is 0. The third-order valence-electron chi connectivity index (χ3n) is 5.30. The normalized spacial score (nSPS) is 21.1. The van der Waals surface area contributed by atoms with E-state index in [0.717, 1.165) is 69.6 Å². The minimum atomic E-state index is 0.420. The summed E-state index contributed by atoms with van der Waals surface area (Å²) in [5.74, 6) is 2.43. The predicted octanol–water partition coefficient (Wildman–Crippen LogP) is 2.31. The standard InChI is InChI=1S/C20H26N4O2/c1-25-19-5-3-2-4-16(19)13-23-7-9-24(10-8-23)20-12-18(21-15-22-20)17-6-11-26-14-17/h2-5,12,15,17H,6-11,13-14H2,1H3/t17-/m1/s1. The van der Waals surface area contributed by atoms with Crippen LogP contribution in [-0.2, 0) is 11.3 Å². The van der Waals surface area contributed by atoms with Crippen LogP contribution in [0.2, 0.25) is 0 Å². The number of aromatic nitrogens is 2. The number of piperazine rings is 1. The van der Waals surface area contributed by atoms with Crippen molar-refractivity contribution in [3.05, 3.63) is 47.9 Å². The highest BCUT2D eigenvalue weighted by Gasteiger charge is 2.23. The van der Waals surface area contributed by atoms with Crippen LogP contribution in [0.15, 0.2) is 36.7 Å². The number of para-hydroxylation sites is 1. The van der Waals surface area contributed by atoms with Crippen LogP contribution in [-0.4, -0.2) is 61.4 Å². The first-order chi connectivity index (χ1) is 12.8. The Bertz CT molecular complexity index is 725. The second-order valence-corrected chi connectivity index (χ2v) is 6.94. The van der Waals surface area contributed by atoms with Crippen molar-refractivity contribution in [2.24, 2.45) is 0 Å². The van der Waals surface area contributed by atoms with Crippen LogP contribution >= 0.6 is 0 Å². The van der Waals surface area contributed by atoms with Crippen molar-refractivity contribution in [3.8, 4) is 5.75 Å². The zero-order chi connectivity index (χ0) is 17.8. The molecule has 1 atom stereocenters. The van der Waals surface area contributed by atoms with Gasteiger partial charge in [0.05, 0.1) is 19.4 Å². The second-order valence-electron chi connectivity index (χ2n) is 6.94. The summed E-state index contributed by atoms with van der Waals surface area (Å²) < 4.78 is 11.0. The number of ether oxygens (including phenoxy) is 2. The van der Waals surface area contributed by atoms with Crippen molar-refractivity contribution in [2.75, 3.05) is 51.4 Å². The van der Waals surface area contributed by atoms with Crippen LogP contribution in [0.5, 0.6) is 5.75 Å². The number of benzene rings is 1. The lowest BCUT2D eigenvalue weighted by Crippen LogP contribution is -2.46. The van der Waals surface area contributed by atoms with Crippen molar-refractivity contribution in [2.45, 2.75) is 18.9 Å². The number of nitrogens with zero attached hydrogens (tertiary/aromatic N) is 4. The summed E-state index contributed by atoms with van der Waals surface area (Å²) in [6.07, 6.45) is 2.76. The summed E-state index contributed by atoms with van der Waals surface area (Å²) in [6, 6.07) is 10.4. The molecule has 1 aromatic heterocycles. The molecular weight excluding hydrogens is 328 g/mol. The lowest BCUT2D eigenvalue weighted by molar-refractivity contribution is 0.193. The molecular formula is C20H26N4O2. The Morgan fingerprint density at radius 2 is 2.00 bits per heavy atom. The summed E-state index contributed by atoms with van der Waals surface area (Å²) >= 11 is 0. The number of rotatable bonds is 5. The fourth-order valence-corrected chi connectivity index (χ4v) is 3.74. The molecule has 2 saturated heterocycles. The molecule has 0 saturated carbocycles. The molecule has 2 fully saturated rings. The first-order valence-corrected chi connectivity index (χ1v) is 9.32. The summed E-state index contributed by atoms with van der Waals surface area (Å²) in [5, 5.41) is 0. The van der Waals surface area contributed by atoms with E-state index in [1.807, 2.05) is 12.1 Å². The second kappa shape index (κ2) is 8.01. The summed E-state index contributed by atoms with van der Waals surface area (Å²) in [6.45, 7) is 6.54. The van der Waals surface area contributed by atoms with Gasteiger partial charge in [-0.3, -0.25) is 4.90 Å². The maximum absolute atomic E-state index is 5.50. The summed E-state index contributed by atoms with van der Waals surface area (Å²) in [4.78, 5) is 13.8. The van der Waals surface area contributed by atoms with Crippen molar-refractivity contribution in [3.63, 3.8) is 0 Å². The van der Waals surface area contributed by atoms with Crippen LogP contribution in [0.3, 0.4) is 0 Å². The van der Waals surface area contributed by atoms with Crippen molar-refractivity contribution >= 4 is 5.82 Å². The zero-order valence-electron chi connectivity index (χ0n) is 15.3. The van der Waals surface area contributed by atoms with Gasteiger partial charge in [-0.2, -0.15) is 0 Å². The van der Waals surface area contributed by atoms with E-state index in [-0.39, 0.29) is 0 Å². The SMILES string of the molecule is COc1ccccc1CN1CCN(c2cc([C@@H]3CCOC3)ncn2)CC1. The van der Waals surface area contributed by atoms with Gasteiger partial charge in [-0.15, -0.1) is 0 Å². The van der Waals surface area contributed by atoms with Gasteiger partial charge in [-0.25, -0.2) is 9.97 Å². The molecule has 3 heterocycles. The highest BCUT2D eigenvalue weighted by atomic mass is 16.5. The lowest BCUT2D eigenvalue weighted by Gasteiger charge is -2.35. The van der Waals surface area contributed by atoms with Gasteiger partial charge in [0.25, 0.3) is 0 Å². The minimum absolute atomic E-state index is 0.420. The van der Waals surface area contributed by atoms with Gasteiger partial charge in [-0.05, 0) is 12.5 Å². The van der Waals surface area contributed by atoms with Crippen molar-refractivity contribution < 1.29 is 9.47 Å². The Hall–Kier alpha value is -2.18. The van der Waals surface area contributed by atoms with Crippen molar-refractivity contribution in [1.29, 1.82) is 0 Å². The molecule has 0 unspecified atom stereocenters. The Balaban J connectivity index is 1.37. The average molecular weight is 354 g/mol. The molecule has 0 N–H and O–H groups in total. The molecule has 6 nitrogen and oxygen atoms in total. The van der Waals surface area contributed by atoms with Gasteiger partial charge in [-0.1, -0.05) is 18.2 Å². The predicted molar refractivity (Wildman–Crippen MR) is 101 cm³/mol. The number of methoxy groups -OCH3 is 1. The van der Waals surface area contributed by atoms with Crippen LogP contribution in [0.25, 0.3) is 0 Å². The highest BCUT2D eigenvalue weighted by molar-refractivity contribution is 5.40. The molecule has 0 aliphatic carbocycles. The molecule has 0 spiro atoms. The first-order valence-electron chi connectivity index (χ1n) is 9.32. The van der Waals surface area contributed by atoms with Gasteiger partial charge in [0.15, 0.2) is 0 Å². The minimum Gasteiger partial charge on any atom is -0.496 e. The van der Waals surface area contributed by atoms with E-state index >= 15 is 0 Å². The summed E-state index contributed by atoms with van der Waals surface area (Å²) in [7, 11) is 1.73. The van der Waals surface area contributed by atoms with Gasteiger partial charge >= 0.3 is 0 Å². The van der Waals surface area contributed by atoms with Gasteiger partial charge in [0, 0.05) is 56.9 Å². The highest BCUT2D eigenvalue weighted by Crippen LogP contribution is 2.26. The molecule has 2 aromatic rings. The molecule has 0 amide bonds. The van der Waals surface area contributed by atoms with Crippen LogP contribution < -0.4 is 9.64 Å². The van der Waals surface area contributed by atoms with Gasteiger partial charge in [0.1, 0.15) is 17.9 Å². The first kappa shape index (κ1) is 17.2. The van der Waals surface area contributed by atoms with Crippen LogP contribution in [0, 0.1) is 0 Å². The Morgan fingerprint density at radius 3 is 2.77 bits per heavy atom. The monoisotopic (exact) mass is 354 g/mol. The fourth-order valence-electron chi connectivity index (χ4n) is 3.74. The maximum atomic E-state index is 5.50. The third-order valence-corrected chi connectivity index (χ3v) is 5.30. The molecule has 26 heavy (non-hydrogen) atoms. The topological polar surface area (TPSA) is 50.7 Å². The fraction of sp³-hybridized carbons (Fsp3) is 0.500. The van der Waals surface area contributed by atoms with E-state index in [9.17, 15) is 0 Å². The summed E-state index contributed by atoms with van der Waals surface area (Å²) in [5.41, 5.74) is 2.36. The molecule has 2 aliphatic heterocycles. The van der Waals surface area contributed by atoms with Gasteiger partial charge < -0.3 is 14.4 Å². The van der Waals surface area contributed by atoms with E-state index in [2.05, 4.69) is 38.0 Å². The Morgan fingerprint density at radius 1 is 1.15 bits per heavy atom. The van der Waals surface area contributed by atoms with Gasteiger partial charge in [0.2, 0.25) is 0 Å². The molecule has 4 rings (SSSR count). The average Bonchev–Trinajstić information content (AvgIpc) is 3.24. The van der Waals surface area contributed by atoms with Crippen molar-refractivity contribution in [1.82, 2.24) is 14.9 Å². The molecule has 6 heteroatoms. The Kier molecular flexibility index (Phi) is 5.32. The van der Waals surface area contributed by atoms with E-state index < -0.39 is 0 Å². The molecule has 1 aromatic carbocycles. The Labute approximate surface area is 154 Å². The molecule has 0 bridgehead atoms. The van der Waals surface area contributed by atoms with E-state index in [4.69, 9.17) is 9.47 Å². The lowest BCUT2D eigenvalue weighted by atomic mass is 10.0. The number of hydrogen-bond acceptors (Lipinski definition) is 6. The molecule has 2 aliphatic rings. The maximum Gasteiger partial charge on any atom is 0.132 e. The largest absolute Gasteiger partial charge is 0.496 e. The smallest absolute Gasteiger partial charge is 0.132 e. The number of anilines is 1. The zero-order valence-corrected chi connectivity index (χ0v) is 15.3. The third kappa shape index (κ3) is 3.81. The van der Waals surface area contributed by atoms with E-state index in [1.54, 1.807) is 13.4 Å². The molecule has 0 radical (unpaired) electrons. The van der Waals surface area contributed by atoms with E-state index in [1.165, 1.54) is 5.56 Å². The molecule has 138 valence electrons.